The minimum atomic E-state index is -0.571. The molecule has 2 saturated heterocycles. The van der Waals surface area contributed by atoms with E-state index in [1.54, 1.807) is 0 Å². The highest BCUT2D eigenvalue weighted by atomic mass is 35.5. The van der Waals surface area contributed by atoms with Gasteiger partial charge in [-0.05, 0) is 45.6 Å². The summed E-state index contributed by atoms with van der Waals surface area (Å²) in [6.45, 7) is 0. The average Bonchev–Trinajstić information content (AvgIpc) is 2.79. The fourth-order valence-electron chi connectivity index (χ4n) is 4.30. The Morgan fingerprint density at radius 3 is 2.14 bits per heavy atom. The van der Waals surface area contributed by atoms with Gasteiger partial charge in [-0.1, -0.05) is 19.3 Å². The Labute approximate surface area is 140 Å². The van der Waals surface area contributed by atoms with Gasteiger partial charge in [-0.15, -0.1) is 24.8 Å². The Bertz CT molecular complexity index is 347. The average molecular weight is 338 g/mol. The predicted octanol–water partition coefficient (Wildman–Crippen LogP) is 2.23. The van der Waals surface area contributed by atoms with Crippen molar-refractivity contribution in [1.82, 2.24) is 10.2 Å². The fraction of sp³-hybridized carbons (Fsp3) is 0.933. The third-order valence-electron chi connectivity index (χ3n) is 5.62. The molecule has 0 spiro atoms. The van der Waals surface area contributed by atoms with E-state index in [0.29, 0.717) is 18.1 Å². The van der Waals surface area contributed by atoms with Crippen molar-refractivity contribution >= 4 is 30.7 Å². The van der Waals surface area contributed by atoms with E-state index in [9.17, 15) is 4.79 Å². The Hall–Kier alpha value is -0.0300. The molecular weight excluding hydrogens is 309 g/mol. The summed E-state index contributed by atoms with van der Waals surface area (Å²) in [5, 5.41) is 3.26. The van der Waals surface area contributed by atoms with Gasteiger partial charge in [0.05, 0.1) is 5.54 Å². The first kappa shape index (κ1) is 19.0. The molecule has 3 rings (SSSR count). The van der Waals surface area contributed by atoms with Crippen LogP contribution in [0.4, 0.5) is 0 Å². The standard InChI is InChI=1S/C15H27N3O.2ClH/c1-18-12-5-4-6-13(18)10-11(9-12)17-14(19)15(16)7-2-3-8-15;;/h11-13H,2-10,16H2,1H3,(H,17,19);2*1H. The van der Waals surface area contributed by atoms with E-state index in [4.69, 9.17) is 5.73 Å². The molecular formula is C15H29Cl2N3O. The Morgan fingerprint density at radius 1 is 1.10 bits per heavy atom. The van der Waals surface area contributed by atoms with Gasteiger partial charge >= 0.3 is 0 Å². The van der Waals surface area contributed by atoms with Crippen LogP contribution in [-0.4, -0.2) is 41.5 Å². The number of piperidine rings is 2. The second-order valence-corrected chi connectivity index (χ2v) is 6.91. The number of nitrogens with two attached hydrogens (primary N) is 1. The van der Waals surface area contributed by atoms with Crippen LogP contribution < -0.4 is 11.1 Å². The zero-order chi connectivity index (χ0) is 13.5. The van der Waals surface area contributed by atoms with Gasteiger partial charge < -0.3 is 16.0 Å². The molecule has 4 nitrogen and oxygen atoms in total. The molecule has 0 aromatic heterocycles. The zero-order valence-corrected chi connectivity index (χ0v) is 14.5. The van der Waals surface area contributed by atoms with E-state index < -0.39 is 5.54 Å². The smallest absolute Gasteiger partial charge is 0.240 e. The lowest BCUT2D eigenvalue weighted by atomic mass is 9.82. The summed E-state index contributed by atoms with van der Waals surface area (Å²) in [7, 11) is 2.24. The Kier molecular flexibility index (Phi) is 6.79. The van der Waals surface area contributed by atoms with E-state index in [2.05, 4.69) is 17.3 Å². The summed E-state index contributed by atoms with van der Waals surface area (Å²) >= 11 is 0. The van der Waals surface area contributed by atoms with E-state index in [1.165, 1.54) is 19.3 Å². The van der Waals surface area contributed by atoms with Gasteiger partial charge in [0, 0.05) is 18.1 Å². The number of fused-ring (bicyclic) bond motifs is 2. The molecule has 1 aliphatic carbocycles. The van der Waals surface area contributed by atoms with E-state index in [1.807, 2.05) is 0 Å². The van der Waals surface area contributed by atoms with Crippen LogP contribution in [0.25, 0.3) is 0 Å². The quantitative estimate of drug-likeness (QED) is 0.812. The van der Waals surface area contributed by atoms with Crippen molar-refractivity contribution in [3.63, 3.8) is 0 Å². The third-order valence-corrected chi connectivity index (χ3v) is 5.62. The number of halogens is 2. The summed E-state index contributed by atoms with van der Waals surface area (Å²) in [6.07, 6.45) is 10.0. The molecule has 2 aliphatic heterocycles. The van der Waals surface area contributed by atoms with Crippen molar-refractivity contribution in [3.05, 3.63) is 0 Å². The van der Waals surface area contributed by atoms with Crippen LogP contribution in [-0.2, 0) is 4.79 Å². The van der Waals surface area contributed by atoms with Gasteiger partial charge in [-0.3, -0.25) is 4.79 Å². The van der Waals surface area contributed by atoms with Crippen LogP contribution in [0.1, 0.15) is 57.8 Å². The molecule has 3 aliphatic rings. The summed E-state index contributed by atoms with van der Waals surface area (Å²) in [4.78, 5) is 14.9. The van der Waals surface area contributed by atoms with Crippen LogP contribution in [0.2, 0.25) is 0 Å². The van der Waals surface area contributed by atoms with Crippen LogP contribution in [0.5, 0.6) is 0 Å². The normalized spacial score (nSPS) is 34.5. The number of carbonyl (C=O) groups excluding carboxylic acids is 1. The van der Waals surface area contributed by atoms with Crippen molar-refractivity contribution < 1.29 is 4.79 Å². The van der Waals surface area contributed by atoms with Crippen molar-refractivity contribution in [3.8, 4) is 0 Å². The van der Waals surface area contributed by atoms with Crippen molar-refractivity contribution in [2.24, 2.45) is 5.73 Å². The number of nitrogens with one attached hydrogen (secondary N) is 1. The fourth-order valence-corrected chi connectivity index (χ4v) is 4.30. The molecule has 2 bridgehead atoms. The third kappa shape index (κ3) is 3.84. The highest BCUT2D eigenvalue weighted by molar-refractivity contribution is 5.86. The largest absolute Gasteiger partial charge is 0.352 e. The second kappa shape index (κ2) is 7.49. The first-order chi connectivity index (χ1) is 9.08. The van der Waals surface area contributed by atoms with Gasteiger partial charge in [-0.25, -0.2) is 0 Å². The lowest BCUT2D eigenvalue weighted by molar-refractivity contribution is -0.127. The van der Waals surface area contributed by atoms with Gasteiger partial charge in [0.2, 0.25) is 5.91 Å². The predicted molar refractivity (Wildman–Crippen MR) is 90.2 cm³/mol. The molecule has 1 amide bonds. The number of hydrogen-bond donors (Lipinski definition) is 2. The molecule has 124 valence electrons. The first-order valence-electron chi connectivity index (χ1n) is 7.90. The number of carbonyl (C=O) groups is 1. The minimum Gasteiger partial charge on any atom is -0.352 e. The number of nitrogens with zero attached hydrogens (tertiary/aromatic N) is 1. The molecule has 2 heterocycles. The van der Waals surface area contributed by atoms with Crippen molar-refractivity contribution in [2.45, 2.75) is 81.5 Å². The van der Waals surface area contributed by atoms with Gasteiger partial charge in [-0.2, -0.15) is 0 Å². The zero-order valence-electron chi connectivity index (χ0n) is 12.8. The van der Waals surface area contributed by atoms with Gasteiger partial charge in [0.1, 0.15) is 0 Å². The topological polar surface area (TPSA) is 58.4 Å². The maximum atomic E-state index is 12.4. The monoisotopic (exact) mass is 337 g/mol. The molecule has 1 saturated carbocycles. The van der Waals surface area contributed by atoms with Crippen LogP contribution in [0, 0.1) is 0 Å². The summed E-state index contributed by atoms with van der Waals surface area (Å²) in [5.74, 6) is 0.109. The number of amides is 1. The molecule has 0 radical (unpaired) electrons. The molecule has 0 aromatic carbocycles. The van der Waals surface area contributed by atoms with Crippen LogP contribution >= 0.6 is 24.8 Å². The highest BCUT2D eigenvalue weighted by Gasteiger charge is 2.41. The van der Waals surface area contributed by atoms with E-state index in [0.717, 1.165) is 38.5 Å². The van der Waals surface area contributed by atoms with E-state index in [-0.39, 0.29) is 30.7 Å². The van der Waals surface area contributed by atoms with E-state index >= 15 is 0 Å². The lowest BCUT2D eigenvalue weighted by Crippen LogP contribution is -2.59. The first-order valence-corrected chi connectivity index (χ1v) is 7.90. The van der Waals surface area contributed by atoms with Crippen molar-refractivity contribution in [1.29, 1.82) is 0 Å². The molecule has 3 fully saturated rings. The highest BCUT2D eigenvalue weighted by Crippen LogP contribution is 2.33. The number of rotatable bonds is 2. The minimum absolute atomic E-state index is 0. The SMILES string of the molecule is CN1C2CCCC1CC(NC(=O)C1(N)CCCC1)C2.Cl.Cl. The van der Waals surface area contributed by atoms with Crippen molar-refractivity contribution in [2.75, 3.05) is 7.05 Å². The Balaban J connectivity index is 0.00000110. The second-order valence-electron chi connectivity index (χ2n) is 6.91. The molecule has 21 heavy (non-hydrogen) atoms. The van der Waals surface area contributed by atoms with Gasteiger partial charge in [0.25, 0.3) is 0 Å². The molecule has 6 heteroatoms. The molecule has 3 N–H and O–H groups in total. The molecule has 2 unspecified atom stereocenters. The van der Waals surface area contributed by atoms with Crippen LogP contribution in [0.3, 0.4) is 0 Å². The summed E-state index contributed by atoms with van der Waals surface area (Å²) in [6, 6.07) is 1.67. The Morgan fingerprint density at radius 2 is 1.62 bits per heavy atom. The van der Waals surface area contributed by atoms with Crippen LogP contribution in [0.15, 0.2) is 0 Å². The van der Waals surface area contributed by atoms with Gasteiger partial charge in [0.15, 0.2) is 0 Å². The summed E-state index contributed by atoms with van der Waals surface area (Å²) in [5.41, 5.74) is 5.67. The molecule has 2 atom stereocenters. The maximum Gasteiger partial charge on any atom is 0.240 e. The number of hydrogen-bond acceptors (Lipinski definition) is 3. The summed E-state index contributed by atoms with van der Waals surface area (Å²) < 4.78 is 0. The lowest BCUT2D eigenvalue weighted by Gasteiger charge is -2.47. The maximum absolute atomic E-state index is 12.4. The molecule has 0 aromatic rings.